The first-order chi connectivity index (χ1) is 17.5. The van der Waals surface area contributed by atoms with E-state index < -0.39 is 6.10 Å². The Kier molecular flexibility index (Phi) is 9.14. The number of aryl methyl sites for hydroxylation is 1. The average Bonchev–Trinajstić information content (AvgIpc) is 3.19. The van der Waals surface area contributed by atoms with Crippen LogP contribution in [0.3, 0.4) is 0 Å². The molecule has 0 fully saturated rings. The third-order valence-electron chi connectivity index (χ3n) is 5.94. The van der Waals surface area contributed by atoms with Crippen molar-refractivity contribution in [1.29, 1.82) is 0 Å². The zero-order chi connectivity index (χ0) is 25.3. The van der Waals surface area contributed by atoms with Crippen molar-refractivity contribution < 1.29 is 14.6 Å². The number of rotatable bonds is 12. The fourth-order valence-corrected chi connectivity index (χ4v) is 4.32. The second-order valence-corrected chi connectivity index (χ2v) is 9.19. The Bertz CT molecular complexity index is 1210. The van der Waals surface area contributed by atoms with Gasteiger partial charge in [0.1, 0.15) is 11.4 Å². The van der Waals surface area contributed by atoms with E-state index in [1.54, 1.807) is 23.9 Å². The van der Waals surface area contributed by atoms with E-state index in [4.69, 9.17) is 26.2 Å². The number of aliphatic hydroxyl groups excluding tert-OH is 1. The van der Waals surface area contributed by atoms with Crippen LogP contribution in [0.25, 0.3) is 11.3 Å². The lowest BCUT2D eigenvalue weighted by atomic mass is 10.1. The predicted molar refractivity (Wildman–Crippen MR) is 143 cm³/mol. The van der Waals surface area contributed by atoms with Gasteiger partial charge >= 0.3 is 0 Å². The molecule has 0 aliphatic rings. The van der Waals surface area contributed by atoms with Crippen LogP contribution in [0, 0.1) is 0 Å². The summed E-state index contributed by atoms with van der Waals surface area (Å²) in [6.07, 6.45) is 0.0542. The summed E-state index contributed by atoms with van der Waals surface area (Å²) in [5, 5.41) is 16.4. The first kappa shape index (κ1) is 25.9. The third-order valence-corrected chi connectivity index (χ3v) is 6.19. The molecule has 7 heteroatoms. The van der Waals surface area contributed by atoms with Gasteiger partial charge in [0.05, 0.1) is 18.3 Å². The Morgan fingerprint density at radius 1 is 0.972 bits per heavy atom. The molecule has 1 atom stereocenters. The van der Waals surface area contributed by atoms with Gasteiger partial charge in [-0.2, -0.15) is 5.10 Å². The highest BCUT2D eigenvalue weighted by molar-refractivity contribution is 6.30. The third kappa shape index (κ3) is 6.95. The highest BCUT2D eigenvalue weighted by atomic mass is 35.5. The van der Waals surface area contributed by atoms with Crippen molar-refractivity contribution in [2.24, 2.45) is 7.05 Å². The molecule has 4 rings (SSSR count). The van der Waals surface area contributed by atoms with Crippen molar-refractivity contribution in [3.8, 4) is 22.9 Å². The lowest BCUT2D eigenvalue weighted by molar-refractivity contribution is 0.0848. The lowest BCUT2D eigenvalue weighted by Crippen LogP contribution is -2.35. The Morgan fingerprint density at radius 2 is 1.64 bits per heavy atom. The minimum absolute atomic E-state index is 0.488. The van der Waals surface area contributed by atoms with Crippen LogP contribution in [-0.4, -0.2) is 52.7 Å². The van der Waals surface area contributed by atoms with Gasteiger partial charge in [-0.25, -0.2) is 4.68 Å². The number of halogens is 1. The first-order valence-electron chi connectivity index (χ1n) is 12.0. The van der Waals surface area contributed by atoms with E-state index in [0.717, 1.165) is 22.4 Å². The number of benzene rings is 3. The van der Waals surface area contributed by atoms with Crippen molar-refractivity contribution in [2.75, 3.05) is 26.8 Å². The minimum atomic E-state index is -0.526. The van der Waals surface area contributed by atoms with Gasteiger partial charge in [0.2, 0.25) is 5.88 Å². The summed E-state index contributed by atoms with van der Waals surface area (Å²) in [5.41, 5.74) is 3.91. The largest absolute Gasteiger partial charge is 0.439 e. The Balaban J connectivity index is 1.64. The van der Waals surface area contributed by atoms with E-state index in [-0.39, 0.29) is 0 Å². The highest BCUT2D eigenvalue weighted by Crippen LogP contribution is 2.34. The number of ether oxygens (including phenoxy) is 2. The van der Waals surface area contributed by atoms with Gasteiger partial charge in [0.25, 0.3) is 0 Å². The number of methoxy groups -OCH3 is 1. The van der Waals surface area contributed by atoms with E-state index in [0.29, 0.717) is 49.3 Å². The van der Waals surface area contributed by atoms with Crippen molar-refractivity contribution >= 4 is 11.6 Å². The molecule has 0 spiro atoms. The normalized spacial score (nSPS) is 12.1. The number of hydrogen-bond donors (Lipinski definition) is 1. The van der Waals surface area contributed by atoms with Crippen molar-refractivity contribution in [1.82, 2.24) is 14.7 Å². The van der Waals surface area contributed by atoms with E-state index in [2.05, 4.69) is 4.90 Å². The van der Waals surface area contributed by atoms with Crippen molar-refractivity contribution in [2.45, 2.75) is 19.1 Å². The maximum Gasteiger partial charge on any atom is 0.222 e. The number of hydrogen-bond acceptors (Lipinski definition) is 5. The molecule has 1 N–H and O–H groups in total. The van der Waals surface area contributed by atoms with Gasteiger partial charge in [-0.1, -0.05) is 72.3 Å². The maximum atomic E-state index is 10.9. The predicted octanol–water partition coefficient (Wildman–Crippen LogP) is 5.58. The first-order valence-corrected chi connectivity index (χ1v) is 12.4. The molecule has 0 saturated carbocycles. The molecular weight excluding hydrogens is 474 g/mol. The van der Waals surface area contributed by atoms with Crippen molar-refractivity contribution in [3.63, 3.8) is 0 Å². The van der Waals surface area contributed by atoms with Gasteiger partial charge in [0.15, 0.2) is 0 Å². The fourth-order valence-electron chi connectivity index (χ4n) is 4.19. The Labute approximate surface area is 217 Å². The number of aromatic nitrogens is 2. The fraction of sp³-hybridized carbons (Fsp3) is 0.276. The summed E-state index contributed by atoms with van der Waals surface area (Å²) in [4.78, 5) is 2.19. The van der Waals surface area contributed by atoms with Crippen LogP contribution in [0.4, 0.5) is 0 Å². The molecule has 1 aromatic heterocycles. The molecular formula is C29H32ClN3O3. The topological polar surface area (TPSA) is 59.8 Å². The molecule has 0 amide bonds. The molecule has 0 unspecified atom stereocenters. The van der Waals surface area contributed by atoms with Crippen LogP contribution >= 0.6 is 11.6 Å². The van der Waals surface area contributed by atoms with Gasteiger partial charge < -0.3 is 14.6 Å². The van der Waals surface area contributed by atoms with E-state index in [9.17, 15) is 5.11 Å². The number of nitrogens with zero attached hydrogens (tertiary/aromatic N) is 3. The molecule has 0 saturated heterocycles. The van der Waals surface area contributed by atoms with Gasteiger partial charge in [-0.15, -0.1) is 0 Å². The molecule has 0 radical (unpaired) electrons. The van der Waals surface area contributed by atoms with Crippen LogP contribution in [0.2, 0.25) is 5.02 Å². The molecule has 3 aromatic carbocycles. The molecule has 188 valence electrons. The second-order valence-electron chi connectivity index (χ2n) is 8.75. The van der Waals surface area contributed by atoms with Gasteiger partial charge in [-0.3, -0.25) is 4.90 Å². The Hall–Kier alpha value is -3.16. The summed E-state index contributed by atoms with van der Waals surface area (Å²) in [6, 6.07) is 27.4. The maximum absolute atomic E-state index is 10.9. The molecule has 0 bridgehead atoms. The molecule has 36 heavy (non-hydrogen) atoms. The molecule has 1 heterocycles. The molecule has 4 aromatic rings. The molecule has 6 nitrogen and oxygen atoms in total. The van der Waals surface area contributed by atoms with Crippen molar-refractivity contribution in [3.05, 3.63) is 101 Å². The van der Waals surface area contributed by atoms with Gasteiger partial charge in [0, 0.05) is 44.4 Å². The summed E-state index contributed by atoms with van der Waals surface area (Å²) in [7, 11) is 3.57. The smallest absolute Gasteiger partial charge is 0.222 e. The molecule has 0 aliphatic heterocycles. The van der Waals surface area contributed by atoms with Crippen LogP contribution < -0.4 is 4.74 Å². The standard InChI is InChI=1S/C29H32ClN3O3/c1-32-29(36-26-15-13-24(30)14-16-26)27(28(31-32)23-11-7-4-8-12-23)21-33(17-18-35-2)20-25(34)19-22-9-5-3-6-10-22/h3-16,25,34H,17-21H2,1-2H3/t25-/m1/s1. The second kappa shape index (κ2) is 12.7. The van der Waals surface area contributed by atoms with E-state index in [1.165, 1.54) is 0 Å². The zero-order valence-corrected chi connectivity index (χ0v) is 21.4. The van der Waals surface area contributed by atoms with Crippen LogP contribution in [0.5, 0.6) is 11.6 Å². The summed E-state index contributed by atoms with van der Waals surface area (Å²) in [6.45, 7) is 2.23. The van der Waals surface area contributed by atoms with Crippen LogP contribution in [0.1, 0.15) is 11.1 Å². The Morgan fingerprint density at radius 3 is 2.31 bits per heavy atom. The summed E-state index contributed by atoms with van der Waals surface area (Å²) >= 11 is 6.07. The SMILES string of the molecule is COCCN(Cc1c(-c2ccccc2)nn(C)c1Oc1ccc(Cl)cc1)C[C@H](O)Cc1ccccc1. The monoisotopic (exact) mass is 505 g/mol. The van der Waals surface area contributed by atoms with Gasteiger partial charge in [-0.05, 0) is 36.2 Å². The van der Waals surface area contributed by atoms with Crippen LogP contribution in [0.15, 0.2) is 84.9 Å². The number of aliphatic hydroxyl groups is 1. The van der Waals surface area contributed by atoms with Crippen LogP contribution in [-0.2, 0) is 24.8 Å². The summed E-state index contributed by atoms with van der Waals surface area (Å²) in [5.74, 6) is 1.33. The van der Waals surface area contributed by atoms with E-state index in [1.807, 2.05) is 79.8 Å². The minimum Gasteiger partial charge on any atom is -0.439 e. The lowest BCUT2D eigenvalue weighted by Gasteiger charge is -2.25. The quantitative estimate of drug-likeness (QED) is 0.272. The highest BCUT2D eigenvalue weighted by Gasteiger charge is 2.23. The average molecular weight is 506 g/mol. The zero-order valence-electron chi connectivity index (χ0n) is 20.7. The molecule has 0 aliphatic carbocycles. The summed E-state index contributed by atoms with van der Waals surface area (Å²) < 4.78 is 13.5. The van der Waals surface area contributed by atoms with E-state index >= 15 is 0 Å².